The minimum atomic E-state index is -1.29. The molecule has 0 fully saturated rings. The second kappa shape index (κ2) is 11.7. The fraction of sp³-hybridized carbons (Fsp3) is 0.138. The Bertz CT molecular complexity index is 1360. The lowest BCUT2D eigenvalue weighted by Gasteiger charge is -2.27. The Hall–Kier alpha value is -4.85. The molecule has 37 heavy (non-hydrogen) atoms. The van der Waals surface area contributed by atoms with E-state index >= 15 is 0 Å². The van der Waals surface area contributed by atoms with Gasteiger partial charge < -0.3 is 24.3 Å². The molecule has 0 aromatic heterocycles. The molecule has 4 rings (SSSR count). The number of aliphatic carboxylic acids is 1. The Morgan fingerprint density at radius 3 is 1.95 bits per heavy atom. The van der Waals surface area contributed by atoms with Crippen LogP contribution in [0.1, 0.15) is 16.7 Å². The zero-order chi connectivity index (χ0) is 26.2. The predicted molar refractivity (Wildman–Crippen MR) is 138 cm³/mol. The van der Waals surface area contributed by atoms with E-state index in [1.165, 1.54) is 6.07 Å². The molecule has 0 aliphatic rings. The number of hydrogen-bond acceptors (Lipinski definition) is 7. The highest BCUT2D eigenvalue weighted by Crippen LogP contribution is 2.31. The normalized spacial score (nSPS) is 10.5. The number of nitro benzene ring substituents is 1. The van der Waals surface area contributed by atoms with Crippen molar-refractivity contribution in [3.63, 3.8) is 0 Å². The lowest BCUT2D eigenvalue weighted by Crippen LogP contribution is -2.28. The standard InChI is InChI=1S/C29H26N2O6/c1-21-27(8-5-9-28(21)31(34)35)30(18-22-6-3-2-4-7-22)19-23-10-12-25(13-11-23)37-26-16-14-24(15-17-26)36-20-29(32)33/h2-17H,18-20H2,1H3,(H,32,33)/p-1. The number of nitrogens with zero attached hydrogens (tertiary/aromatic N) is 2. The van der Waals surface area contributed by atoms with E-state index in [1.54, 1.807) is 37.3 Å². The van der Waals surface area contributed by atoms with Gasteiger partial charge in [0.15, 0.2) is 0 Å². The molecule has 8 nitrogen and oxygen atoms in total. The van der Waals surface area contributed by atoms with Gasteiger partial charge in [0.05, 0.1) is 16.5 Å². The highest BCUT2D eigenvalue weighted by Gasteiger charge is 2.18. The van der Waals surface area contributed by atoms with Gasteiger partial charge in [-0.05, 0) is 60.5 Å². The third kappa shape index (κ3) is 6.85. The van der Waals surface area contributed by atoms with Crippen molar-refractivity contribution in [1.82, 2.24) is 0 Å². The number of carbonyl (C=O) groups excluding carboxylic acids is 1. The van der Waals surface area contributed by atoms with Crippen molar-refractivity contribution in [2.45, 2.75) is 20.0 Å². The van der Waals surface area contributed by atoms with Gasteiger partial charge in [0, 0.05) is 24.8 Å². The van der Waals surface area contributed by atoms with Gasteiger partial charge in [-0.2, -0.15) is 0 Å². The highest BCUT2D eigenvalue weighted by atomic mass is 16.6. The zero-order valence-corrected chi connectivity index (χ0v) is 20.2. The summed E-state index contributed by atoms with van der Waals surface area (Å²) in [4.78, 5) is 23.8. The van der Waals surface area contributed by atoms with Crippen LogP contribution in [0.25, 0.3) is 0 Å². The van der Waals surface area contributed by atoms with Crippen LogP contribution < -0.4 is 19.5 Å². The number of benzene rings is 4. The summed E-state index contributed by atoms with van der Waals surface area (Å²) in [6.07, 6.45) is 0. The van der Waals surface area contributed by atoms with Crippen LogP contribution in [0.2, 0.25) is 0 Å². The van der Waals surface area contributed by atoms with Gasteiger partial charge in [-0.1, -0.05) is 48.5 Å². The zero-order valence-electron chi connectivity index (χ0n) is 20.2. The van der Waals surface area contributed by atoms with Gasteiger partial charge in [0.1, 0.15) is 23.9 Å². The summed E-state index contributed by atoms with van der Waals surface area (Å²) in [5.41, 5.74) is 3.63. The van der Waals surface area contributed by atoms with E-state index in [-0.39, 0.29) is 10.6 Å². The number of ether oxygens (including phenoxy) is 2. The highest BCUT2D eigenvalue weighted by molar-refractivity contribution is 5.66. The average molecular weight is 498 g/mol. The van der Waals surface area contributed by atoms with E-state index in [9.17, 15) is 20.0 Å². The largest absolute Gasteiger partial charge is 0.546 e. The molecule has 0 spiro atoms. The van der Waals surface area contributed by atoms with Gasteiger partial charge in [0.25, 0.3) is 5.69 Å². The molecule has 0 saturated heterocycles. The number of carbonyl (C=O) groups is 1. The van der Waals surface area contributed by atoms with Crippen molar-refractivity contribution in [2.75, 3.05) is 11.5 Å². The summed E-state index contributed by atoms with van der Waals surface area (Å²) in [6.45, 7) is 2.39. The third-order valence-electron chi connectivity index (χ3n) is 5.74. The Morgan fingerprint density at radius 1 is 0.784 bits per heavy atom. The molecule has 0 saturated carbocycles. The van der Waals surface area contributed by atoms with E-state index in [1.807, 2.05) is 60.7 Å². The summed E-state index contributed by atoms with van der Waals surface area (Å²) in [5, 5.41) is 22.0. The number of anilines is 1. The SMILES string of the molecule is Cc1c(N(Cc2ccccc2)Cc2ccc(Oc3ccc(OCC(=O)[O-])cc3)cc2)cccc1[N+](=O)[O-]. The van der Waals surface area contributed by atoms with E-state index in [0.717, 1.165) is 16.8 Å². The van der Waals surface area contributed by atoms with Crippen LogP contribution in [-0.4, -0.2) is 17.5 Å². The first-order valence-electron chi connectivity index (χ1n) is 11.6. The van der Waals surface area contributed by atoms with Crippen LogP contribution in [0.3, 0.4) is 0 Å². The first kappa shape index (κ1) is 25.2. The maximum absolute atomic E-state index is 11.5. The fourth-order valence-corrected chi connectivity index (χ4v) is 3.95. The number of nitro groups is 1. The van der Waals surface area contributed by atoms with Gasteiger partial charge in [-0.15, -0.1) is 0 Å². The van der Waals surface area contributed by atoms with Crippen LogP contribution in [-0.2, 0) is 17.9 Å². The van der Waals surface area contributed by atoms with E-state index in [4.69, 9.17) is 9.47 Å². The van der Waals surface area contributed by atoms with Crippen molar-refractivity contribution >= 4 is 17.3 Å². The lowest BCUT2D eigenvalue weighted by molar-refractivity contribution is -0.385. The maximum Gasteiger partial charge on any atom is 0.274 e. The molecule has 0 unspecified atom stereocenters. The topological polar surface area (TPSA) is 105 Å². The van der Waals surface area contributed by atoms with Crippen molar-refractivity contribution in [3.8, 4) is 17.2 Å². The molecule has 0 aliphatic heterocycles. The monoisotopic (exact) mass is 497 g/mol. The van der Waals surface area contributed by atoms with Gasteiger partial charge in [-0.3, -0.25) is 10.1 Å². The third-order valence-corrected chi connectivity index (χ3v) is 5.74. The molecule has 0 heterocycles. The van der Waals surface area contributed by atoms with Crippen LogP contribution in [0.5, 0.6) is 17.2 Å². The second-order valence-electron chi connectivity index (χ2n) is 8.40. The molecular formula is C29H25N2O6-. The minimum absolute atomic E-state index is 0.0929. The Kier molecular flexibility index (Phi) is 8.00. The molecule has 0 N–H and O–H groups in total. The summed E-state index contributed by atoms with van der Waals surface area (Å²) in [6, 6.07) is 29.4. The predicted octanol–water partition coefficient (Wildman–Crippen LogP) is 5.03. The fourth-order valence-electron chi connectivity index (χ4n) is 3.95. The van der Waals surface area contributed by atoms with Crippen molar-refractivity contribution in [1.29, 1.82) is 0 Å². The molecule has 0 amide bonds. The maximum atomic E-state index is 11.5. The summed E-state index contributed by atoms with van der Waals surface area (Å²) < 4.78 is 11.0. The van der Waals surface area contributed by atoms with E-state index < -0.39 is 12.6 Å². The summed E-state index contributed by atoms with van der Waals surface area (Å²) in [7, 11) is 0. The van der Waals surface area contributed by atoms with Crippen LogP contribution >= 0.6 is 0 Å². The summed E-state index contributed by atoms with van der Waals surface area (Å²) in [5.74, 6) is 0.324. The molecule has 8 heteroatoms. The first-order chi connectivity index (χ1) is 17.9. The Labute approximate surface area is 214 Å². The van der Waals surface area contributed by atoms with Gasteiger partial charge in [0.2, 0.25) is 0 Å². The lowest BCUT2D eigenvalue weighted by atomic mass is 10.1. The first-order valence-corrected chi connectivity index (χ1v) is 11.6. The molecule has 4 aromatic rings. The second-order valence-corrected chi connectivity index (χ2v) is 8.40. The molecule has 0 bridgehead atoms. The quantitative estimate of drug-likeness (QED) is 0.211. The smallest absolute Gasteiger partial charge is 0.274 e. The average Bonchev–Trinajstić information content (AvgIpc) is 2.89. The Balaban J connectivity index is 1.50. The van der Waals surface area contributed by atoms with Crippen molar-refractivity contribution in [2.24, 2.45) is 0 Å². The minimum Gasteiger partial charge on any atom is -0.546 e. The molecule has 0 radical (unpaired) electrons. The summed E-state index contributed by atoms with van der Waals surface area (Å²) >= 11 is 0. The molecule has 188 valence electrons. The van der Waals surface area contributed by atoms with Gasteiger partial charge in [-0.25, -0.2) is 0 Å². The molecule has 0 atom stereocenters. The van der Waals surface area contributed by atoms with Crippen molar-refractivity contribution in [3.05, 3.63) is 124 Å². The van der Waals surface area contributed by atoms with Gasteiger partial charge >= 0.3 is 0 Å². The number of rotatable bonds is 11. The van der Waals surface area contributed by atoms with Crippen LogP contribution in [0, 0.1) is 17.0 Å². The van der Waals surface area contributed by atoms with Crippen LogP contribution in [0.4, 0.5) is 11.4 Å². The molecule has 4 aromatic carbocycles. The van der Waals surface area contributed by atoms with E-state index in [2.05, 4.69) is 4.90 Å². The van der Waals surface area contributed by atoms with E-state index in [0.29, 0.717) is 35.9 Å². The molecule has 0 aliphatic carbocycles. The number of carboxylic acid groups (broad SMARTS) is 1. The van der Waals surface area contributed by atoms with Crippen LogP contribution in [0.15, 0.2) is 97.1 Å². The number of carboxylic acids is 1. The molecular weight excluding hydrogens is 472 g/mol. The van der Waals surface area contributed by atoms with Crippen molar-refractivity contribution < 1.29 is 24.3 Å². The Morgan fingerprint density at radius 2 is 1.35 bits per heavy atom. The number of hydrogen-bond donors (Lipinski definition) is 0.